The van der Waals surface area contributed by atoms with Crippen molar-refractivity contribution in [2.45, 2.75) is 6.92 Å². The smallest absolute Gasteiger partial charge is 0.258 e. The Morgan fingerprint density at radius 3 is 2.62 bits per heavy atom. The Labute approximate surface area is 142 Å². The van der Waals surface area contributed by atoms with Crippen molar-refractivity contribution in [2.75, 3.05) is 0 Å². The molecule has 3 rings (SSSR count). The molecule has 24 heavy (non-hydrogen) atoms. The Morgan fingerprint density at radius 2 is 1.96 bits per heavy atom. The van der Waals surface area contributed by atoms with E-state index in [0.717, 1.165) is 16.7 Å². The summed E-state index contributed by atoms with van der Waals surface area (Å²) < 4.78 is 1.89. The molecule has 7 nitrogen and oxygen atoms in total. The molecule has 0 saturated carbocycles. The third-order valence-corrected chi connectivity index (χ3v) is 3.73. The van der Waals surface area contributed by atoms with Crippen molar-refractivity contribution < 1.29 is 4.92 Å². The minimum atomic E-state index is -0.441. The van der Waals surface area contributed by atoms with Crippen LogP contribution in [0.25, 0.3) is 11.4 Å². The molecule has 0 spiro atoms. The zero-order chi connectivity index (χ0) is 17.1. The maximum Gasteiger partial charge on any atom is 0.269 e. The number of non-ortho nitro benzene ring substituents is 1. The lowest BCUT2D eigenvalue weighted by Gasteiger charge is -2.04. The van der Waals surface area contributed by atoms with Crippen LogP contribution in [0.4, 0.5) is 5.69 Å². The number of H-pyrrole nitrogens is 1. The summed E-state index contributed by atoms with van der Waals surface area (Å²) in [5.41, 5.74) is 2.73. The van der Waals surface area contributed by atoms with Gasteiger partial charge in [0.15, 0.2) is 5.82 Å². The average Bonchev–Trinajstić information content (AvgIpc) is 2.94. The number of aromatic amines is 1. The predicted octanol–water partition coefficient (Wildman–Crippen LogP) is 3.71. The van der Waals surface area contributed by atoms with Gasteiger partial charge in [0.05, 0.1) is 11.1 Å². The number of benzene rings is 2. The molecule has 0 unspecified atom stereocenters. The maximum atomic E-state index is 10.7. The van der Waals surface area contributed by atoms with E-state index in [1.165, 1.54) is 16.8 Å². The summed E-state index contributed by atoms with van der Waals surface area (Å²) in [4.78, 5) is 10.2. The predicted molar refractivity (Wildman–Crippen MR) is 93.7 cm³/mol. The molecule has 0 radical (unpaired) electrons. The van der Waals surface area contributed by atoms with Crippen molar-refractivity contribution in [1.82, 2.24) is 14.9 Å². The highest BCUT2D eigenvalue weighted by Crippen LogP contribution is 2.21. The summed E-state index contributed by atoms with van der Waals surface area (Å²) in [6, 6.07) is 13.9. The van der Waals surface area contributed by atoms with E-state index in [9.17, 15) is 10.1 Å². The van der Waals surface area contributed by atoms with E-state index < -0.39 is 4.92 Å². The summed E-state index contributed by atoms with van der Waals surface area (Å²) in [7, 11) is 0. The molecule has 0 saturated heterocycles. The van der Waals surface area contributed by atoms with Crippen LogP contribution in [0.2, 0.25) is 0 Å². The van der Waals surface area contributed by atoms with E-state index in [1.807, 2.05) is 31.2 Å². The van der Waals surface area contributed by atoms with Crippen LogP contribution < -0.4 is 0 Å². The topological polar surface area (TPSA) is 89.1 Å². The number of hydrogen-bond acceptors (Lipinski definition) is 5. The van der Waals surface area contributed by atoms with Gasteiger partial charge >= 0.3 is 0 Å². The fourth-order valence-electron chi connectivity index (χ4n) is 2.20. The second kappa shape index (κ2) is 6.55. The van der Waals surface area contributed by atoms with E-state index in [0.29, 0.717) is 10.6 Å². The third-order valence-electron chi connectivity index (χ3n) is 3.46. The molecule has 0 amide bonds. The van der Waals surface area contributed by atoms with Gasteiger partial charge in [0, 0.05) is 17.7 Å². The molecule has 0 aliphatic carbocycles. The van der Waals surface area contributed by atoms with Crippen LogP contribution in [0.3, 0.4) is 0 Å². The van der Waals surface area contributed by atoms with Crippen LogP contribution in [0.5, 0.6) is 0 Å². The lowest BCUT2D eigenvalue weighted by Crippen LogP contribution is -1.96. The second-order valence-electron chi connectivity index (χ2n) is 5.07. The summed E-state index contributed by atoms with van der Waals surface area (Å²) in [6.07, 6.45) is 1.58. The minimum absolute atomic E-state index is 0.0349. The number of aryl methyl sites for hydroxylation is 1. The number of nitrogens with one attached hydrogen (secondary N) is 1. The van der Waals surface area contributed by atoms with Crippen molar-refractivity contribution in [3.63, 3.8) is 0 Å². The molecule has 2 aromatic carbocycles. The van der Waals surface area contributed by atoms with Gasteiger partial charge in [-0.05, 0) is 42.4 Å². The number of nitro groups is 1. The first-order valence-corrected chi connectivity index (χ1v) is 7.49. The van der Waals surface area contributed by atoms with Gasteiger partial charge in [-0.15, -0.1) is 0 Å². The first-order chi connectivity index (χ1) is 11.6. The van der Waals surface area contributed by atoms with Gasteiger partial charge in [-0.3, -0.25) is 10.1 Å². The van der Waals surface area contributed by atoms with Crippen molar-refractivity contribution >= 4 is 24.1 Å². The van der Waals surface area contributed by atoms with Gasteiger partial charge in [0.25, 0.3) is 5.69 Å². The van der Waals surface area contributed by atoms with Gasteiger partial charge < -0.3 is 0 Å². The average molecular weight is 339 g/mol. The van der Waals surface area contributed by atoms with E-state index in [2.05, 4.69) is 15.3 Å². The Balaban J connectivity index is 1.96. The van der Waals surface area contributed by atoms with E-state index in [-0.39, 0.29) is 5.69 Å². The molecule has 120 valence electrons. The zero-order valence-corrected chi connectivity index (χ0v) is 13.5. The fourth-order valence-corrected chi connectivity index (χ4v) is 2.38. The number of hydrogen-bond donors (Lipinski definition) is 1. The largest absolute Gasteiger partial charge is 0.269 e. The molecule has 8 heteroatoms. The van der Waals surface area contributed by atoms with Crippen LogP contribution in [0.15, 0.2) is 53.6 Å². The van der Waals surface area contributed by atoms with Crippen molar-refractivity contribution in [1.29, 1.82) is 0 Å². The molecule has 0 bridgehead atoms. The second-order valence-corrected chi connectivity index (χ2v) is 5.46. The molecule has 1 N–H and O–H groups in total. The monoisotopic (exact) mass is 339 g/mol. The number of rotatable bonds is 4. The fraction of sp³-hybridized carbons (Fsp3) is 0.0625. The molecule has 0 atom stereocenters. The van der Waals surface area contributed by atoms with E-state index in [1.54, 1.807) is 18.3 Å². The summed E-state index contributed by atoms with van der Waals surface area (Å²) in [6.45, 7) is 1.98. The van der Waals surface area contributed by atoms with Crippen molar-refractivity contribution in [2.24, 2.45) is 5.10 Å². The van der Waals surface area contributed by atoms with Crippen LogP contribution in [0, 0.1) is 21.8 Å². The Bertz CT molecular complexity index is 973. The number of nitrogens with zero attached hydrogens (tertiary/aromatic N) is 4. The first kappa shape index (κ1) is 15.8. The Hall–Kier alpha value is -3.13. The highest BCUT2D eigenvalue weighted by atomic mass is 32.1. The third kappa shape index (κ3) is 3.13. The molecule has 0 aliphatic heterocycles. The van der Waals surface area contributed by atoms with Crippen LogP contribution in [-0.4, -0.2) is 26.0 Å². The van der Waals surface area contributed by atoms with Crippen LogP contribution in [0.1, 0.15) is 11.1 Å². The lowest BCUT2D eigenvalue weighted by molar-refractivity contribution is -0.384. The van der Waals surface area contributed by atoms with Gasteiger partial charge in [-0.1, -0.05) is 24.3 Å². The Morgan fingerprint density at radius 1 is 1.25 bits per heavy atom. The highest BCUT2D eigenvalue weighted by molar-refractivity contribution is 7.71. The van der Waals surface area contributed by atoms with Gasteiger partial charge in [-0.2, -0.15) is 14.9 Å². The van der Waals surface area contributed by atoms with E-state index in [4.69, 9.17) is 12.2 Å². The molecule has 0 fully saturated rings. The molecular formula is C16H13N5O2S. The first-order valence-electron chi connectivity index (χ1n) is 7.08. The molecular weight excluding hydrogens is 326 g/mol. The van der Waals surface area contributed by atoms with Crippen molar-refractivity contribution in [3.05, 3.63) is 74.5 Å². The molecule has 3 aromatic rings. The minimum Gasteiger partial charge on any atom is -0.258 e. The summed E-state index contributed by atoms with van der Waals surface area (Å²) in [5, 5.41) is 22.0. The highest BCUT2D eigenvalue weighted by Gasteiger charge is 2.10. The lowest BCUT2D eigenvalue weighted by atomic mass is 10.1. The Kier molecular flexibility index (Phi) is 4.30. The van der Waals surface area contributed by atoms with Gasteiger partial charge in [-0.25, -0.2) is 5.10 Å². The SMILES string of the molecule is Cc1ccccc1-c1n[nH]c(=S)n1/N=C/c1ccc([N+](=O)[O-])cc1. The number of aromatic nitrogens is 3. The van der Waals surface area contributed by atoms with Crippen LogP contribution in [-0.2, 0) is 0 Å². The summed E-state index contributed by atoms with van der Waals surface area (Å²) >= 11 is 5.23. The quantitative estimate of drug-likeness (QED) is 0.340. The summed E-state index contributed by atoms with van der Waals surface area (Å²) in [5.74, 6) is 0.608. The van der Waals surface area contributed by atoms with Crippen molar-refractivity contribution in [3.8, 4) is 11.4 Å². The molecule has 1 heterocycles. The number of nitro benzene ring substituents is 1. The molecule has 1 aromatic heterocycles. The molecule has 0 aliphatic rings. The van der Waals surface area contributed by atoms with Gasteiger partial charge in [0.2, 0.25) is 4.77 Å². The normalized spacial score (nSPS) is 11.0. The zero-order valence-electron chi connectivity index (χ0n) is 12.7. The van der Waals surface area contributed by atoms with Crippen LogP contribution >= 0.6 is 12.2 Å². The maximum absolute atomic E-state index is 10.7. The standard InChI is InChI=1S/C16H13N5O2S/c1-11-4-2-3-5-14(11)15-18-19-16(24)20(15)17-10-12-6-8-13(9-7-12)21(22)23/h2-10H,1H3,(H,19,24)/b17-10+. The van der Waals surface area contributed by atoms with E-state index >= 15 is 0 Å². The van der Waals surface area contributed by atoms with Gasteiger partial charge in [0.1, 0.15) is 0 Å².